The number of fused-ring (bicyclic) bond motifs is 1. The first-order valence-corrected chi connectivity index (χ1v) is 18.1. The van der Waals surface area contributed by atoms with Gasteiger partial charge < -0.3 is 10.1 Å². The fourth-order valence-corrected chi connectivity index (χ4v) is 8.33. The normalized spacial score (nSPS) is 19.1. The molecule has 0 radical (unpaired) electrons. The summed E-state index contributed by atoms with van der Waals surface area (Å²) in [5.41, 5.74) is 1.27. The smallest absolute Gasteiger partial charge is 0.224 e. The third-order valence-corrected chi connectivity index (χ3v) is 11.2. The molecule has 2 saturated heterocycles. The molecule has 236 valence electrons. The largest absolute Gasteiger partial charge is 0.381 e. The van der Waals surface area contributed by atoms with Gasteiger partial charge in [0.15, 0.2) is 15.6 Å². The van der Waals surface area contributed by atoms with Crippen LogP contribution < -0.4 is 5.32 Å². The van der Waals surface area contributed by atoms with Crippen molar-refractivity contribution in [2.75, 3.05) is 44.4 Å². The van der Waals surface area contributed by atoms with Crippen molar-refractivity contribution < 1.29 is 27.5 Å². The van der Waals surface area contributed by atoms with Gasteiger partial charge in [-0.3, -0.25) is 19.3 Å². The second-order valence-electron chi connectivity index (χ2n) is 11.7. The van der Waals surface area contributed by atoms with E-state index in [4.69, 9.17) is 21.3 Å². The van der Waals surface area contributed by atoms with E-state index in [1.165, 1.54) is 11.3 Å². The van der Waals surface area contributed by atoms with Crippen molar-refractivity contribution in [1.29, 1.82) is 0 Å². The molecule has 9 nitrogen and oxygen atoms in total. The number of carbonyl (C=O) groups is 3. The maximum absolute atomic E-state index is 13.8. The molecule has 2 aromatic rings. The topological polar surface area (TPSA) is 123 Å². The van der Waals surface area contributed by atoms with Crippen LogP contribution in [0.1, 0.15) is 56.9 Å². The molecule has 0 unspecified atom stereocenters. The second-order valence-corrected chi connectivity index (χ2v) is 15.5. The highest BCUT2D eigenvalue weighted by Gasteiger charge is 2.31. The molecule has 1 amide bonds. The zero-order valence-electron chi connectivity index (χ0n) is 24.8. The van der Waals surface area contributed by atoms with Gasteiger partial charge in [-0.2, -0.15) is 0 Å². The van der Waals surface area contributed by atoms with Crippen molar-refractivity contribution in [2.24, 2.45) is 11.8 Å². The molecule has 2 aliphatic rings. The molecule has 1 aromatic heterocycles. The minimum absolute atomic E-state index is 0.0476. The van der Waals surface area contributed by atoms with Crippen molar-refractivity contribution >= 4 is 60.5 Å². The Bertz CT molecular complexity index is 1410. The monoisotopic (exact) mass is 651 g/mol. The first-order valence-electron chi connectivity index (χ1n) is 15.1. The van der Waals surface area contributed by atoms with E-state index in [0.29, 0.717) is 62.7 Å². The second kappa shape index (κ2) is 15.7. The van der Waals surface area contributed by atoms with E-state index in [-0.39, 0.29) is 53.8 Å². The third-order valence-electron chi connectivity index (χ3n) is 8.28. The van der Waals surface area contributed by atoms with E-state index < -0.39 is 15.8 Å². The summed E-state index contributed by atoms with van der Waals surface area (Å²) in [6, 6.07) is 5.25. The number of halogens is 1. The average molecular weight is 652 g/mol. The van der Waals surface area contributed by atoms with Gasteiger partial charge in [-0.1, -0.05) is 25.1 Å². The van der Waals surface area contributed by atoms with Crippen molar-refractivity contribution in [2.45, 2.75) is 64.3 Å². The van der Waals surface area contributed by atoms with E-state index in [1.807, 2.05) is 24.0 Å². The van der Waals surface area contributed by atoms with Crippen molar-refractivity contribution in [3.63, 3.8) is 0 Å². The van der Waals surface area contributed by atoms with Crippen LogP contribution >= 0.6 is 22.9 Å². The number of benzene rings is 1. The zero-order valence-corrected chi connectivity index (χ0v) is 27.2. The molecular weight excluding hydrogens is 610 g/mol. The quantitative estimate of drug-likeness (QED) is 0.281. The molecule has 2 fully saturated rings. The minimum Gasteiger partial charge on any atom is -0.381 e. The molecule has 4 rings (SSSR count). The van der Waals surface area contributed by atoms with Gasteiger partial charge in [0.25, 0.3) is 0 Å². The van der Waals surface area contributed by atoms with Gasteiger partial charge in [-0.05, 0) is 49.8 Å². The number of hydrogen-bond donors (Lipinski definition) is 1. The Morgan fingerprint density at radius 1 is 1.19 bits per heavy atom. The third kappa shape index (κ3) is 10.2. The number of thiazole rings is 1. The van der Waals surface area contributed by atoms with Crippen LogP contribution in [-0.2, 0) is 35.4 Å². The van der Waals surface area contributed by atoms with E-state index >= 15 is 0 Å². The number of amides is 1. The van der Waals surface area contributed by atoms with Gasteiger partial charge in [-0.25, -0.2) is 13.4 Å². The highest BCUT2D eigenvalue weighted by Crippen LogP contribution is 2.29. The molecule has 0 bridgehead atoms. The summed E-state index contributed by atoms with van der Waals surface area (Å²) in [5.74, 6) is -0.452. The lowest BCUT2D eigenvalue weighted by molar-refractivity contribution is -0.130. The van der Waals surface area contributed by atoms with Crippen molar-refractivity contribution in [3.8, 4) is 0 Å². The van der Waals surface area contributed by atoms with Crippen LogP contribution in [0.4, 0.5) is 0 Å². The Balaban J connectivity index is 1.42. The number of nitrogens with zero attached hydrogens (tertiary/aromatic N) is 2. The summed E-state index contributed by atoms with van der Waals surface area (Å²) >= 11 is 7.64. The Kier molecular flexibility index (Phi) is 12.3. The number of rotatable bonds is 15. The van der Waals surface area contributed by atoms with Crippen LogP contribution in [0.15, 0.2) is 30.4 Å². The Labute approximate surface area is 263 Å². The summed E-state index contributed by atoms with van der Waals surface area (Å²) < 4.78 is 30.0. The van der Waals surface area contributed by atoms with Crippen LogP contribution in [0, 0.1) is 11.8 Å². The number of Topliss-reactive ketones (excluding diaryl/α,β-unsaturated/α-hetero) is 2. The predicted molar refractivity (Wildman–Crippen MR) is 170 cm³/mol. The number of nitrogens with one attached hydrogen (secondary N) is 1. The zero-order chi connectivity index (χ0) is 31.0. The number of hydrogen-bond acceptors (Lipinski definition) is 9. The molecule has 2 aliphatic heterocycles. The first-order chi connectivity index (χ1) is 20.5. The molecule has 0 spiro atoms. The van der Waals surface area contributed by atoms with Crippen LogP contribution in [-0.4, -0.2) is 86.2 Å². The molecule has 0 aliphatic carbocycles. The average Bonchev–Trinajstić information content (AvgIpc) is 3.37. The Hall–Kier alpha value is -2.18. The SMILES string of the molecule is C=C(CN1CCS(=O)(=O)CC1)C(=O)CC[C@@H](NC(=O)[C@@H](CC(=O)CCC)Cc1nc2ccc(Cl)cc2s1)C1CCOCC1. The van der Waals surface area contributed by atoms with Crippen LogP contribution in [0.5, 0.6) is 0 Å². The number of ether oxygens (including phenoxy) is 1. The van der Waals surface area contributed by atoms with Crippen molar-refractivity contribution in [1.82, 2.24) is 15.2 Å². The summed E-state index contributed by atoms with van der Waals surface area (Å²) in [6.07, 6.45) is 3.86. The maximum atomic E-state index is 13.8. The van der Waals surface area contributed by atoms with Gasteiger partial charge in [0.2, 0.25) is 5.91 Å². The number of aromatic nitrogens is 1. The number of sulfone groups is 1. The summed E-state index contributed by atoms with van der Waals surface area (Å²) in [5, 5.41) is 4.63. The fourth-order valence-electron chi connectivity index (χ4n) is 5.73. The molecule has 2 atom stereocenters. The molecule has 3 heterocycles. The molecule has 0 saturated carbocycles. The highest BCUT2D eigenvalue weighted by atomic mass is 35.5. The highest BCUT2D eigenvalue weighted by molar-refractivity contribution is 7.91. The lowest BCUT2D eigenvalue weighted by Crippen LogP contribution is -2.46. The first kappa shape index (κ1) is 33.7. The van der Waals surface area contributed by atoms with E-state index in [2.05, 4.69) is 11.9 Å². The summed E-state index contributed by atoms with van der Waals surface area (Å²) in [4.78, 5) is 46.2. The van der Waals surface area contributed by atoms with Crippen molar-refractivity contribution in [3.05, 3.63) is 40.4 Å². The van der Waals surface area contributed by atoms with Crippen LogP contribution in [0.25, 0.3) is 10.2 Å². The number of carbonyl (C=O) groups excluding carboxylic acids is 3. The Morgan fingerprint density at radius 3 is 2.60 bits per heavy atom. The lowest BCUT2D eigenvalue weighted by atomic mass is 9.86. The van der Waals surface area contributed by atoms with Gasteiger partial charge in [-0.15, -0.1) is 11.3 Å². The molecular formula is C31H42ClN3O6S2. The number of ketones is 2. The standard InChI is InChI=1S/C31H42ClN3O6S2/c1-3-4-25(36)17-23(18-30-33-27-6-5-24(32)19-29(27)42-30)31(38)34-26(22-9-13-41-14-10-22)7-8-28(37)21(2)20-35-11-15-43(39,40)16-12-35/h5-6,19,22-23,26H,2-4,7-18,20H2,1H3,(H,34,38)/t23-,26+/m0/s1. The molecule has 12 heteroatoms. The predicted octanol–water partition coefficient (Wildman–Crippen LogP) is 4.42. The summed E-state index contributed by atoms with van der Waals surface area (Å²) in [7, 11) is -3.00. The van der Waals surface area contributed by atoms with Crippen LogP contribution in [0.3, 0.4) is 0 Å². The maximum Gasteiger partial charge on any atom is 0.224 e. The summed E-state index contributed by atoms with van der Waals surface area (Å²) in [6.45, 7) is 8.27. The molecule has 43 heavy (non-hydrogen) atoms. The lowest BCUT2D eigenvalue weighted by Gasteiger charge is -2.32. The van der Waals surface area contributed by atoms with E-state index in [0.717, 1.165) is 34.5 Å². The Morgan fingerprint density at radius 2 is 1.91 bits per heavy atom. The van der Waals surface area contributed by atoms with Gasteiger partial charge in [0.1, 0.15) is 5.78 Å². The van der Waals surface area contributed by atoms with E-state index in [9.17, 15) is 22.8 Å². The van der Waals surface area contributed by atoms with Gasteiger partial charge in [0.05, 0.1) is 32.6 Å². The fraction of sp³-hybridized carbons (Fsp3) is 0.613. The molecule has 1 aromatic carbocycles. The van der Waals surface area contributed by atoms with Gasteiger partial charge in [0, 0.05) is 75.2 Å². The minimum atomic E-state index is -3.00. The molecule has 1 N–H and O–H groups in total. The van der Waals surface area contributed by atoms with E-state index in [1.54, 1.807) is 6.07 Å². The van der Waals surface area contributed by atoms with Crippen LogP contribution in [0.2, 0.25) is 5.02 Å². The van der Waals surface area contributed by atoms with Gasteiger partial charge >= 0.3 is 0 Å².